The van der Waals surface area contributed by atoms with E-state index in [0.717, 1.165) is 18.6 Å². The molecule has 3 rings (SSSR count). The zero-order chi connectivity index (χ0) is 13.2. The third-order valence-electron chi connectivity index (χ3n) is 3.31. The number of nitrogens with zero attached hydrogens (tertiary/aromatic N) is 1. The smallest absolute Gasteiger partial charge is 0.254 e. The van der Waals surface area contributed by atoms with Gasteiger partial charge in [-0.05, 0) is 49.2 Å². The minimum atomic E-state index is 0.0406. The van der Waals surface area contributed by atoms with Crippen LogP contribution in [0.5, 0.6) is 0 Å². The van der Waals surface area contributed by atoms with Gasteiger partial charge in [0, 0.05) is 17.3 Å². The third kappa shape index (κ3) is 2.62. The number of nitrogen functional groups attached to an aromatic ring is 1. The highest BCUT2D eigenvalue weighted by molar-refractivity contribution is 5.94. The Hall–Kier alpha value is -2.23. The van der Waals surface area contributed by atoms with Gasteiger partial charge >= 0.3 is 0 Å². The molecular formula is C15H16N2O2. The van der Waals surface area contributed by atoms with E-state index in [2.05, 4.69) is 0 Å². The molecule has 1 aliphatic carbocycles. The molecule has 0 aliphatic heterocycles. The van der Waals surface area contributed by atoms with Crippen molar-refractivity contribution in [3.05, 3.63) is 54.0 Å². The van der Waals surface area contributed by atoms with E-state index in [1.54, 1.807) is 30.5 Å². The molecule has 0 atom stereocenters. The zero-order valence-electron chi connectivity index (χ0n) is 10.6. The summed E-state index contributed by atoms with van der Waals surface area (Å²) < 4.78 is 5.33. The zero-order valence-corrected chi connectivity index (χ0v) is 10.6. The van der Waals surface area contributed by atoms with Gasteiger partial charge in [-0.15, -0.1) is 0 Å². The fourth-order valence-corrected chi connectivity index (χ4v) is 2.11. The van der Waals surface area contributed by atoms with Crippen molar-refractivity contribution < 1.29 is 9.21 Å². The molecule has 98 valence electrons. The van der Waals surface area contributed by atoms with Crippen molar-refractivity contribution in [1.29, 1.82) is 0 Å². The first-order valence-electron chi connectivity index (χ1n) is 6.43. The molecule has 0 bridgehead atoms. The number of anilines is 1. The van der Waals surface area contributed by atoms with Crippen LogP contribution in [0.15, 0.2) is 47.1 Å². The maximum Gasteiger partial charge on any atom is 0.254 e. The third-order valence-corrected chi connectivity index (χ3v) is 3.31. The quantitative estimate of drug-likeness (QED) is 0.855. The second-order valence-electron chi connectivity index (χ2n) is 4.87. The number of nitrogens with two attached hydrogens (primary N) is 1. The Morgan fingerprint density at radius 3 is 2.58 bits per heavy atom. The predicted octanol–water partition coefficient (Wildman–Crippen LogP) is 2.67. The number of furan rings is 1. The van der Waals surface area contributed by atoms with E-state index in [4.69, 9.17) is 10.2 Å². The summed E-state index contributed by atoms with van der Waals surface area (Å²) in [5.41, 5.74) is 6.99. The Kier molecular flexibility index (Phi) is 2.99. The second-order valence-corrected chi connectivity index (χ2v) is 4.87. The van der Waals surface area contributed by atoms with Crippen molar-refractivity contribution in [3.8, 4) is 0 Å². The average molecular weight is 256 g/mol. The van der Waals surface area contributed by atoms with Gasteiger partial charge in [0.25, 0.3) is 5.91 Å². The van der Waals surface area contributed by atoms with E-state index in [1.807, 2.05) is 17.0 Å². The standard InChI is InChI=1S/C15H16N2O2/c16-12-5-3-11(4-6-12)15(18)17(13-7-8-13)10-14-2-1-9-19-14/h1-6,9,13H,7-8,10,16H2. The lowest BCUT2D eigenvalue weighted by Gasteiger charge is -2.21. The lowest BCUT2D eigenvalue weighted by Crippen LogP contribution is -2.32. The molecule has 0 radical (unpaired) electrons. The molecule has 1 aromatic heterocycles. The molecule has 1 amide bonds. The summed E-state index contributed by atoms with van der Waals surface area (Å²) >= 11 is 0. The van der Waals surface area contributed by atoms with Gasteiger partial charge in [0.05, 0.1) is 12.8 Å². The molecule has 1 saturated carbocycles. The highest BCUT2D eigenvalue weighted by Gasteiger charge is 2.33. The molecule has 0 unspecified atom stereocenters. The van der Waals surface area contributed by atoms with Crippen LogP contribution in [0.25, 0.3) is 0 Å². The summed E-state index contributed by atoms with van der Waals surface area (Å²) in [5, 5.41) is 0. The largest absolute Gasteiger partial charge is 0.467 e. The molecule has 1 aliphatic rings. The Balaban J connectivity index is 1.79. The number of hydrogen-bond acceptors (Lipinski definition) is 3. The summed E-state index contributed by atoms with van der Waals surface area (Å²) in [4.78, 5) is 14.4. The second kappa shape index (κ2) is 4.80. The van der Waals surface area contributed by atoms with Gasteiger partial charge in [-0.25, -0.2) is 0 Å². The van der Waals surface area contributed by atoms with Crippen LogP contribution in [0, 0.1) is 0 Å². The van der Waals surface area contributed by atoms with Gasteiger partial charge in [0.2, 0.25) is 0 Å². The van der Waals surface area contributed by atoms with Gasteiger partial charge < -0.3 is 15.1 Å². The van der Waals surface area contributed by atoms with Gasteiger partial charge in [-0.1, -0.05) is 0 Å². The lowest BCUT2D eigenvalue weighted by atomic mass is 10.1. The number of amides is 1. The first kappa shape index (κ1) is 11.8. The molecular weight excluding hydrogens is 240 g/mol. The van der Waals surface area contributed by atoms with Crippen LogP contribution < -0.4 is 5.73 Å². The van der Waals surface area contributed by atoms with E-state index >= 15 is 0 Å². The maximum absolute atomic E-state index is 12.5. The van der Waals surface area contributed by atoms with E-state index in [9.17, 15) is 4.79 Å². The average Bonchev–Trinajstić information content (AvgIpc) is 3.13. The molecule has 1 aromatic carbocycles. The summed E-state index contributed by atoms with van der Waals surface area (Å²) in [5.74, 6) is 0.856. The highest BCUT2D eigenvalue weighted by Crippen LogP contribution is 2.30. The van der Waals surface area contributed by atoms with Crippen LogP contribution in [0.4, 0.5) is 5.69 Å². The fourth-order valence-electron chi connectivity index (χ4n) is 2.11. The van der Waals surface area contributed by atoms with Gasteiger partial charge in [-0.3, -0.25) is 4.79 Å². The molecule has 1 fully saturated rings. The van der Waals surface area contributed by atoms with E-state index in [1.165, 1.54) is 0 Å². The number of rotatable bonds is 4. The van der Waals surface area contributed by atoms with Gasteiger partial charge in [-0.2, -0.15) is 0 Å². The SMILES string of the molecule is Nc1ccc(C(=O)N(Cc2ccco2)C2CC2)cc1. The topological polar surface area (TPSA) is 59.5 Å². The monoisotopic (exact) mass is 256 g/mol. The van der Waals surface area contributed by atoms with Crippen molar-refractivity contribution >= 4 is 11.6 Å². The van der Waals surface area contributed by atoms with Crippen molar-refractivity contribution in [2.45, 2.75) is 25.4 Å². The van der Waals surface area contributed by atoms with Crippen LogP contribution in [-0.2, 0) is 6.54 Å². The summed E-state index contributed by atoms with van der Waals surface area (Å²) in [6.07, 6.45) is 3.77. The summed E-state index contributed by atoms with van der Waals surface area (Å²) in [6.45, 7) is 0.529. The molecule has 0 saturated heterocycles. The van der Waals surface area contributed by atoms with Crippen molar-refractivity contribution in [2.24, 2.45) is 0 Å². The van der Waals surface area contributed by atoms with E-state index in [0.29, 0.717) is 23.8 Å². The van der Waals surface area contributed by atoms with Crippen molar-refractivity contribution in [2.75, 3.05) is 5.73 Å². The minimum Gasteiger partial charge on any atom is -0.467 e. The molecule has 19 heavy (non-hydrogen) atoms. The molecule has 1 heterocycles. The van der Waals surface area contributed by atoms with Gasteiger partial charge in [0.1, 0.15) is 5.76 Å². The van der Waals surface area contributed by atoms with Crippen molar-refractivity contribution in [3.63, 3.8) is 0 Å². The molecule has 2 aromatic rings. The predicted molar refractivity (Wildman–Crippen MR) is 72.5 cm³/mol. The summed E-state index contributed by atoms with van der Waals surface area (Å²) in [6, 6.07) is 11.1. The Morgan fingerprint density at radius 1 is 1.26 bits per heavy atom. The van der Waals surface area contributed by atoms with E-state index < -0.39 is 0 Å². The number of carbonyl (C=O) groups is 1. The Morgan fingerprint density at radius 2 is 2.00 bits per heavy atom. The Labute approximate surface area is 111 Å². The van der Waals surface area contributed by atoms with Crippen LogP contribution in [-0.4, -0.2) is 16.8 Å². The number of hydrogen-bond donors (Lipinski definition) is 1. The summed E-state index contributed by atoms with van der Waals surface area (Å²) in [7, 11) is 0. The highest BCUT2D eigenvalue weighted by atomic mass is 16.3. The van der Waals surface area contributed by atoms with Crippen molar-refractivity contribution in [1.82, 2.24) is 4.90 Å². The van der Waals surface area contributed by atoms with Gasteiger partial charge in [0.15, 0.2) is 0 Å². The van der Waals surface area contributed by atoms with Crippen LogP contribution in [0.2, 0.25) is 0 Å². The van der Waals surface area contributed by atoms with E-state index in [-0.39, 0.29) is 5.91 Å². The lowest BCUT2D eigenvalue weighted by molar-refractivity contribution is 0.0717. The molecule has 4 nitrogen and oxygen atoms in total. The Bertz CT molecular complexity index is 556. The minimum absolute atomic E-state index is 0.0406. The number of benzene rings is 1. The first-order chi connectivity index (χ1) is 9.24. The fraction of sp³-hybridized carbons (Fsp3) is 0.267. The number of carbonyl (C=O) groups excluding carboxylic acids is 1. The van der Waals surface area contributed by atoms with Crippen LogP contribution in [0.1, 0.15) is 29.0 Å². The molecule has 0 spiro atoms. The van der Waals surface area contributed by atoms with Crippen LogP contribution in [0.3, 0.4) is 0 Å². The molecule has 4 heteroatoms. The first-order valence-corrected chi connectivity index (χ1v) is 6.43. The van der Waals surface area contributed by atoms with Crippen LogP contribution >= 0.6 is 0 Å². The maximum atomic E-state index is 12.5. The molecule has 2 N–H and O–H groups in total. The normalized spacial score (nSPS) is 14.3.